The van der Waals surface area contributed by atoms with Gasteiger partial charge < -0.3 is 5.73 Å². The minimum Gasteiger partial charge on any atom is -0.383 e. The van der Waals surface area contributed by atoms with Crippen LogP contribution in [0.5, 0.6) is 0 Å². The summed E-state index contributed by atoms with van der Waals surface area (Å²) < 4.78 is 1.88. The summed E-state index contributed by atoms with van der Waals surface area (Å²) in [5, 5.41) is 13.9. The van der Waals surface area contributed by atoms with E-state index in [-0.39, 0.29) is 0 Å². The molecular formula is C16H19N5. The van der Waals surface area contributed by atoms with Gasteiger partial charge in [0.05, 0.1) is 5.69 Å². The second-order valence-corrected chi connectivity index (χ2v) is 5.58. The molecule has 3 rings (SSSR count). The van der Waals surface area contributed by atoms with E-state index in [1.165, 1.54) is 6.42 Å². The molecule has 0 aromatic carbocycles. The largest absolute Gasteiger partial charge is 0.383 e. The predicted molar refractivity (Wildman–Crippen MR) is 81.6 cm³/mol. The molecular weight excluding hydrogens is 262 g/mol. The van der Waals surface area contributed by atoms with Crippen LogP contribution in [0, 0.1) is 18.3 Å². The van der Waals surface area contributed by atoms with Crippen LogP contribution in [0.25, 0.3) is 11.1 Å². The van der Waals surface area contributed by atoms with Gasteiger partial charge in [-0.2, -0.15) is 10.4 Å². The highest BCUT2D eigenvalue weighted by Gasteiger charge is 2.24. The van der Waals surface area contributed by atoms with Gasteiger partial charge in [-0.3, -0.25) is 4.68 Å². The van der Waals surface area contributed by atoms with Crippen LogP contribution < -0.4 is 5.73 Å². The highest BCUT2D eigenvalue weighted by atomic mass is 15.3. The first-order chi connectivity index (χ1) is 10.1. The summed E-state index contributed by atoms with van der Waals surface area (Å²) in [5.41, 5.74) is 10.2. The van der Waals surface area contributed by atoms with Crippen LogP contribution in [0.1, 0.15) is 49.1 Å². The molecule has 0 amide bonds. The van der Waals surface area contributed by atoms with E-state index in [0.29, 0.717) is 17.3 Å². The number of nitriles is 1. The van der Waals surface area contributed by atoms with Crippen molar-refractivity contribution < 1.29 is 0 Å². The average Bonchev–Trinajstić information content (AvgIpc) is 2.77. The van der Waals surface area contributed by atoms with Crippen LogP contribution in [0.15, 0.2) is 12.3 Å². The Hall–Kier alpha value is -2.35. The summed E-state index contributed by atoms with van der Waals surface area (Å²) >= 11 is 0. The Balaban J connectivity index is 2.16. The molecule has 1 fully saturated rings. The number of nitrogen functional groups attached to an aromatic ring is 1. The zero-order chi connectivity index (χ0) is 15.0. The standard InChI is InChI=1S/C16H19N5/c1-3-21-9-14(10(2)20-21)12-7-15(11-5-4-6-11)19-16(18)13(12)8-17/h7,9,11H,3-6H2,1-2H3,(H2,18,19). The van der Waals surface area contributed by atoms with Crippen molar-refractivity contribution in [3.8, 4) is 17.2 Å². The number of hydrogen-bond acceptors (Lipinski definition) is 4. The van der Waals surface area contributed by atoms with Gasteiger partial charge in [-0.05, 0) is 32.8 Å². The Bertz CT molecular complexity index is 719. The summed E-state index contributed by atoms with van der Waals surface area (Å²) in [6.07, 6.45) is 5.54. The third-order valence-electron chi connectivity index (χ3n) is 4.26. The molecule has 108 valence electrons. The maximum absolute atomic E-state index is 9.42. The number of aromatic nitrogens is 3. The molecule has 1 aliphatic rings. The second-order valence-electron chi connectivity index (χ2n) is 5.58. The summed E-state index contributed by atoms with van der Waals surface area (Å²) in [4.78, 5) is 4.44. The zero-order valence-electron chi connectivity index (χ0n) is 12.4. The summed E-state index contributed by atoms with van der Waals surface area (Å²) in [6, 6.07) is 4.22. The van der Waals surface area contributed by atoms with Gasteiger partial charge in [0.25, 0.3) is 0 Å². The molecule has 0 aliphatic heterocycles. The van der Waals surface area contributed by atoms with Crippen molar-refractivity contribution in [1.82, 2.24) is 14.8 Å². The third kappa shape index (κ3) is 2.27. The van der Waals surface area contributed by atoms with E-state index >= 15 is 0 Å². The van der Waals surface area contributed by atoms with Crippen molar-refractivity contribution in [1.29, 1.82) is 5.26 Å². The number of rotatable bonds is 3. The average molecular weight is 281 g/mol. The minimum absolute atomic E-state index is 0.334. The van der Waals surface area contributed by atoms with Gasteiger partial charge in [0.1, 0.15) is 17.5 Å². The zero-order valence-corrected chi connectivity index (χ0v) is 12.4. The molecule has 0 spiro atoms. The van der Waals surface area contributed by atoms with E-state index < -0.39 is 0 Å². The third-order valence-corrected chi connectivity index (χ3v) is 4.26. The first kappa shape index (κ1) is 13.6. The number of hydrogen-bond donors (Lipinski definition) is 1. The van der Waals surface area contributed by atoms with E-state index in [2.05, 4.69) is 16.2 Å². The molecule has 0 atom stereocenters. The first-order valence-corrected chi connectivity index (χ1v) is 7.39. The molecule has 5 nitrogen and oxygen atoms in total. The molecule has 0 saturated heterocycles. The van der Waals surface area contributed by atoms with E-state index in [1.54, 1.807) is 0 Å². The van der Waals surface area contributed by atoms with Crippen LogP contribution in [0.2, 0.25) is 0 Å². The van der Waals surface area contributed by atoms with Crippen LogP contribution in [0.4, 0.5) is 5.82 Å². The number of nitrogens with zero attached hydrogens (tertiary/aromatic N) is 4. The molecule has 0 bridgehead atoms. The Morgan fingerprint density at radius 3 is 2.71 bits per heavy atom. The van der Waals surface area contributed by atoms with E-state index in [9.17, 15) is 5.26 Å². The highest BCUT2D eigenvalue weighted by molar-refractivity contribution is 5.76. The molecule has 0 radical (unpaired) electrons. The maximum Gasteiger partial charge on any atom is 0.142 e. The lowest BCUT2D eigenvalue weighted by Crippen LogP contribution is -2.12. The molecule has 21 heavy (non-hydrogen) atoms. The van der Waals surface area contributed by atoms with Crippen LogP contribution in [-0.4, -0.2) is 14.8 Å². The lowest BCUT2D eigenvalue weighted by atomic mass is 9.81. The van der Waals surface area contributed by atoms with Gasteiger partial charge in [0, 0.05) is 35.5 Å². The molecule has 2 aromatic rings. The van der Waals surface area contributed by atoms with Crippen molar-refractivity contribution in [2.24, 2.45) is 0 Å². The van der Waals surface area contributed by atoms with Gasteiger partial charge in [0.2, 0.25) is 0 Å². The fourth-order valence-corrected chi connectivity index (χ4v) is 2.77. The maximum atomic E-state index is 9.42. The van der Waals surface area contributed by atoms with Crippen LogP contribution in [0.3, 0.4) is 0 Å². The lowest BCUT2D eigenvalue weighted by molar-refractivity contribution is 0.411. The molecule has 0 unspecified atom stereocenters. The molecule has 5 heteroatoms. The monoisotopic (exact) mass is 281 g/mol. The normalized spacial score (nSPS) is 14.7. The number of nitrogens with two attached hydrogens (primary N) is 1. The molecule has 1 aliphatic carbocycles. The number of anilines is 1. The predicted octanol–water partition coefficient (Wildman–Crippen LogP) is 2.99. The summed E-state index contributed by atoms with van der Waals surface area (Å²) in [7, 11) is 0. The van der Waals surface area contributed by atoms with Gasteiger partial charge in [-0.1, -0.05) is 6.42 Å². The van der Waals surface area contributed by atoms with Gasteiger partial charge >= 0.3 is 0 Å². The summed E-state index contributed by atoms with van der Waals surface area (Å²) in [5.74, 6) is 0.820. The Labute approximate surface area is 124 Å². The van der Waals surface area contributed by atoms with Crippen LogP contribution >= 0.6 is 0 Å². The van der Waals surface area contributed by atoms with Gasteiger partial charge in [0.15, 0.2) is 0 Å². The fraction of sp³-hybridized carbons (Fsp3) is 0.438. The van der Waals surface area contributed by atoms with Crippen molar-refractivity contribution in [3.05, 3.63) is 29.2 Å². The first-order valence-electron chi connectivity index (χ1n) is 7.39. The molecule has 2 N–H and O–H groups in total. The SMILES string of the molecule is CCn1cc(-c2cc(C3CCC3)nc(N)c2C#N)c(C)n1. The number of aryl methyl sites for hydroxylation is 2. The lowest BCUT2D eigenvalue weighted by Gasteiger charge is -2.25. The summed E-state index contributed by atoms with van der Waals surface area (Å²) in [6.45, 7) is 4.81. The Morgan fingerprint density at radius 2 is 2.19 bits per heavy atom. The molecule has 1 saturated carbocycles. The second kappa shape index (κ2) is 5.21. The Morgan fingerprint density at radius 1 is 1.43 bits per heavy atom. The minimum atomic E-state index is 0.334. The fourth-order valence-electron chi connectivity index (χ4n) is 2.77. The molecule has 2 heterocycles. The van der Waals surface area contributed by atoms with Crippen molar-refractivity contribution >= 4 is 5.82 Å². The topological polar surface area (TPSA) is 80.5 Å². The smallest absolute Gasteiger partial charge is 0.142 e. The quantitative estimate of drug-likeness (QED) is 0.937. The van der Waals surface area contributed by atoms with E-state index in [0.717, 1.165) is 41.9 Å². The van der Waals surface area contributed by atoms with Crippen molar-refractivity contribution in [3.63, 3.8) is 0 Å². The highest BCUT2D eigenvalue weighted by Crippen LogP contribution is 2.39. The van der Waals surface area contributed by atoms with Gasteiger partial charge in [-0.25, -0.2) is 4.98 Å². The van der Waals surface area contributed by atoms with E-state index in [4.69, 9.17) is 5.73 Å². The van der Waals surface area contributed by atoms with Crippen molar-refractivity contribution in [2.75, 3.05) is 5.73 Å². The molecule has 2 aromatic heterocycles. The van der Waals surface area contributed by atoms with Gasteiger partial charge in [-0.15, -0.1) is 0 Å². The van der Waals surface area contributed by atoms with Crippen molar-refractivity contribution in [2.45, 2.75) is 45.6 Å². The van der Waals surface area contributed by atoms with Crippen LogP contribution in [-0.2, 0) is 6.54 Å². The van der Waals surface area contributed by atoms with E-state index in [1.807, 2.05) is 30.8 Å². The number of pyridine rings is 1. The Kier molecular flexibility index (Phi) is 3.38.